The van der Waals surface area contributed by atoms with Crippen LogP contribution in [0, 0.1) is 0 Å². The number of hydrazone groups is 1. The van der Waals surface area contributed by atoms with Crippen LogP contribution < -0.4 is 14.9 Å². The maximum atomic E-state index is 12.4. The molecule has 0 aliphatic rings. The van der Waals surface area contributed by atoms with Gasteiger partial charge in [0.2, 0.25) is 0 Å². The highest BCUT2D eigenvalue weighted by Gasteiger charge is 2.15. The van der Waals surface area contributed by atoms with Crippen LogP contribution in [0.1, 0.15) is 33.2 Å². The average molecular weight is 457 g/mol. The lowest BCUT2D eigenvalue weighted by Crippen LogP contribution is -2.17. The zero-order chi connectivity index (χ0) is 22.2. The highest BCUT2D eigenvalue weighted by molar-refractivity contribution is 6.33. The van der Waals surface area contributed by atoms with Crippen LogP contribution in [0.2, 0.25) is 10.0 Å². The molecule has 0 unspecified atom stereocenters. The number of amides is 1. The summed E-state index contributed by atoms with van der Waals surface area (Å²) in [5.41, 5.74) is 3.76. The van der Waals surface area contributed by atoms with Gasteiger partial charge in [-0.05, 0) is 67.1 Å². The van der Waals surface area contributed by atoms with Gasteiger partial charge in [-0.2, -0.15) is 5.10 Å². The minimum atomic E-state index is -0.594. The molecule has 6 nitrogen and oxygen atoms in total. The van der Waals surface area contributed by atoms with Gasteiger partial charge in [0.25, 0.3) is 5.91 Å². The third kappa shape index (κ3) is 6.07. The molecule has 0 radical (unpaired) electrons. The van der Waals surface area contributed by atoms with Crippen LogP contribution in [-0.2, 0) is 0 Å². The molecule has 0 aliphatic carbocycles. The van der Waals surface area contributed by atoms with Gasteiger partial charge in [-0.3, -0.25) is 4.79 Å². The molecular weight excluding hydrogens is 439 g/mol. The number of benzene rings is 3. The lowest BCUT2D eigenvalue weighted by Gasteiger charge is -2.12. The van der Waals surface area contributed by atoms with Gasteiger partial charge in [0.15, 0.2) is 11.5 Å². The highest BCUT2D eigenvalue weighted by Crippen LogP contribution is 2.29. The van der Waals surface area contributed by atoms with E-state index in [9.17, 15) is 9.59 Å². The second-order valence-corrected chi connectivity index (χ2v) is 7.06. The standard InChI is InChI=1S/C23H18Cl2N2O4/c1-2-30-21-13-15(14-26-27-22(28)16-8-10-17(24)11-9-16)7-12-20(21)31-23(29)18-5-3-4-6-19(18)25/h3-14H,2H2,1H3,(H,27,28). The number of carbonyl (C=O) groups is 2. The van der Waals surface area contributed by atoms with Crippen molar-refractivity contribution in [1.82, 2.24) is 5.43 Å². The van der Waals surface area contributed by atoms with E-state index in [1.54, 1.807) is 66.7 Å². The topological polar surface area (TPSA) is 77.0 Å². The van der Waals surface area contributed by atoms with Crippen molar-refractivity contribution < 1.29 is 19.1 Å². The Kier molecular flexibility index (Phi) is 7.65. The zero-order valence-corrected chi connectivity index (χ0v) is 18.0. The number of rotatable bonds is 7. The summed E-state index contributed by atoms with van der Waals surface area (Å²) < 4.78 is 11.0. The van der Waals surface area contributed by atoms with E-state index < -0.39 is 5.97 Å². The molecule has 0 heterocycles. The molecule has 0 saturated carbocycles. The van der Waals surface area contributed by atoms with Crippen LogP contribution >= 0.6 is 23.2 Å². The van der Waals surface area contributed by atoms with E-state index in [4.69, 9.17) is 32.7 Å². The molecule has 1 N–H and O–H groups in total. The van der Waals surface area contributed by atoms with Crippen molar-refractivity contribution in [1.29, 1.82) is 0 Å². The summed E-state index contributed by atoms with van der Waals surface area (Å²) in [6, 6.07) is 18.0. The van der Waals surface area contributed by atoms with Crippen molar-refractivity contribution in [3.05, 3.63) is 93.5 Å². The lowest BCUT2D eigenvalue weighted by molar-refractivity contribution is 0.0728. The van der Waals surface area contributed by atoms with E-state index >= 15 is 0 Å². The molecule has 1 amide bonds. The first-order valence-electron chi connectivity index (χ1n) is 9.30. The summed E-state index contributed by atoms with van der Waals surface area (Å²) >= 11 is 11.9. The first-order chi connectivity index (χ1) is 15.0. The van der Waals surface area contributed by atoms with Crippen molar-refractivity contribution in [3.63, 3.8) is 0 Å². The minimum absolute atomic E-state index is 0.245. The van der Waals surface area contributed by atoms with E-state index in [-0.39, 0.29) is 17.2 Å². The Bertz CT molecular complexity index is 1110. The van der Waals surface area contributed by atoms with Gasteiger partial charge in [-0.25, -0.2) is 10.2 Å². The molecule has 3 rings (SSSR count). The van der Waals surface area contributed by atoms with E-state index in [2.05, 4.69) is 10.5 Å². The van der Waals surface area contributed by atoms with Gasteiger partial charge >= 0.3 is 5.97 Å². The Morgan fingerprint density at radius 1 is 1.00 bits per heavy atom. The Hall–Kier alpha value is -3.35. The smallest absolute Gasteiger partial charge is 0.345 e. The first-order valence-corrected chi connectivity index (χ1v) is 10.1. The minimum Gasteiger partial charge on any atom is -0.490 e. The van der Waals surface area contributed by atoms with Crippen LogP contribution in [0.25, 0.3) is 0 Å². The van der Waals surface area contributed by atoms with Gasteiger partial charge in [-0.1, -0.05) is 35.3 Å². The molecule has 0 atom stereocenters. The van der Waals surface area contributed by atoms with Crippen molar-refractivity contribution >= 4 is 41.3 Å². The second-order valence-electron chi connectivity index (χ2n) is 6.21. The molecule has 158 valence electrons. The fourth-order valence-electron chi connectivity index (χ4n) is 2.57. The number of hydrogen-bond acceptors (Lipinski definition) is 5. The van der Waals surface area contributed by atoms with E-state index in [1.807, 2.05) is 6.92 Å². The third-order valence-corrected chi connectivity index (χ3v) is 4.63. The van der Waals surface area contributed by atoms with Gasteiger partial charge in [0.05, 0.1) is 23.4 Å². The second kappa shape index (κ2) is 10.6. The predicted octanol–water partition coefficient (Wildman–Crippen LogP) is 5.38. The summed E-state index contributed by atoms with van der Waals surface area (Å²) in [5, 5.41) is 4.79. The molecule has 8 heteroatoms. The van der Waals surface area contributed by atoms with Crippen LogP contribution in [0.5, 0.6) is 11.5 Å². The largest absolute Gasteiger partial charge is 0.490 e. The zero-order valence-electron chi connectivity index (χ0n) is 16.5. The Labute approximate surface area is 189 Å². The number of ether oxygens (including phenoxy) is 2. The van der Waals surface area contributed by atoms with Gasteiger partial charge in [0.1, 0.15) is 0 Å². The Balaban J connectivity index is 1.71. The predicted molar refractivity (Wildman–Crippen MR) is 121 cm³/mol. The number of esters is 1. The molecule has 0 aromatic heterocycles. The normalized spacial score (nSPS) is 10.7. The molecule has 31 heavy (non-hydrogen) atoms. The fraction of sp³-hybridized carbons (Fsp3) is 0.0870. The maximum Gasteiger partial charge on any atom is 0.345 e. The fourth-order valence-corrected chi connectivity index (χ4v) is 2.91. The van der Waals surface area contributed by atoms with Crippen LogP contribution in [0.15, 0.2) is 71.8 Å². The van der Waals surface area contributed by atoms with Gasteiger partial charge in [-0.15, -0.1) is 0 Å². The summed E-state index contributed by atoms with van der Waals surface area (Å²) in [4.78, 5) is 24.5. The van der Waals surface area contributed by atoms with E-state index in [0.29, 0.717) is 33.5 Å². The van der Waals surface area contributed by atoms with Crippen molar-refractivity contribution in [2.45, 2.75) is 6.92 Å². The SMILES string of the molecule is CCOc1cc(C=NNC(=O)c2ccc(Cl)cc2)ccc1OC(=O)c1ccccc1Cl. The Morgan fingerprint density at radius 2 is 1.74 bits per heavy atom. The molecule has 0 saturated heterocycles. The summed E-state index contributed by atoms with van der Waals surface area (Å²) in [6.07, 6.45) is 1.45. The maximum absolute atomic E-state index is 12.4. The molecule has 0 aliphatic heterocycles. The first kappa shape index (κ1) is 22.3. The van der Waals surface area contributed by atoms with Crippen LogP contribution in [0.4, 0.5) is 0 Å². The van der Waals surface area contributed by atoms with Gasteiger partial charge in [0, 0.05) is 10.6 Å². The molecular formula is C23H18Cl2N2O4. The lowest BCUT2D eigenvalue weighted by atomic mass is 10.2. The quantitative estimate of drug-likeness (QED) is 0.224. The number of hydrogen-bond donors (Lipinski definition) is 1. The number of halogens is 2. The molecule has 0 spiro atoms. The summed E-state index contributed by atoms with van der Waals surface area (Å²) in [6.45, 7) is 2.18. The van der Waals surface area contributed by atoms with Crippen LogP contribution in [0.3, 0.4) is 0 Å². The molecule has 3 aromatic carbocycles. The monoisotopic (exact) mass is 456 g/mol. The molecule has 0 fully saturated rings. The Morgan fingerprint density at radius 3 is 2.45 bits per heavy atom. The van der Waals surface area contributed by atoms with Crippen molar-refractivity contribution in [3.8, 4) is 11.5 Å². The highest BCUT2D eigenvalue weighted by atomic mass is 35.5. The average Bonchev–Trinajstić information content (AvgIpc) is 2.76. The number of nitrogens with zero attached hydrogens (tertiary/aromatic N) is 1. The third-order valence-electron chi connectivity index (χ3n) is 4.05. The van der Waals surface area contributed by atoms with E-state index in [0.717, 1.165) is 0 Å². The van der Waals surface area contributed by atoms with Crippen molar-refractivity contribution in [2.24, 2.45) is 5.10 Å². The molecule has 3 aromatic rings. The number of nitrogens with one attached hydrogen (secondary N) is 1. The number of carbonyl (C=O) groups excluding carboxylic acids is 2. The summed E-state index contributed by atoms with van der Waals surface area (Å²) in [7, 11) is 0. The van der Waals surface area contributed by atoms with Crippen LogP contribution in [-0.4, -0.2) is 24.7 Å². The summed E-state index contributed by atoms with van der Waals surface area (Å²) in [5.74, 6) is -0.364. The molecule has 0 bridgehead atoms. The van der Waals surface area contributed by atoms with Crippen molar-refractivity contribution in [2.75, 3.05) is 6.61 Å². The van der Waals surface area contributed by atoms with E-state index in [1.165, 1.54) is 6.21 Å². The van der Waals surface area contributed by atoms with Gasteiger partial charge < -0.3 is 9.47 Å².